The van der Waals surface area contributed by atoms with Crippen LogP contribution >= 0.6 is 0 Å². The molecule has 0 aliphatic heterocycles. The van der Waals surface area contributed by atoms with E-state index in [-0.39, 0.29) is 12.4 Å². The zero-order chi connectivity index (χ0) is 13.6. The van der Waals surface area contributed by atoms with E-state index >= 15 is 0 Å². The van der Waals surface area contributed by atoms with Gasteiger partial charge in [-0.3, -0.25) is 4.79 Å². The van der Waals surface area contributed by atoms with Crippen LogP contribution in [0.3, 0.4) is 0 Å². The van der Waals surface area contributed by atoms with Gasteiger partial charge in [-0.1, -0.05) is 20.3 Å². The van der Waals surface area contributed by atoms with E-state index in [0.29, 0.717) is 39.0 Å². The summed E-state index contributed by atoms with van der Waals surface area (Å²) in [7, 11) is 1.37. The standard InChI is InChI=1S/C13H26O5/c1-4-12(2)11-18-10-9-17-8-7-16-6-5-13(14)15-3/h12H,4-11H2,1-3H3. The van der Waals surface area contributed by atoms with Crippen LogP contribution in [0.4, 0.5) is 0 Å². The monoisotopic (exact) mass is 262 g/mol. The van der Waals surface area contributed by atoms with Crippen LogP contribution in [0, 0.1) is 5.92 Å². The van der Waals surface area contributed by atoms with E-state index in [1.807, 2.05) is 0 Å². The van der Waals surface area contributed by atoms with Gasteiger partial charge in [0.2, 0.25) is 0 Å². The van der Waals surface area contributed by atoms with Crippen molar-refractivity contribution in [3.8, 4) is 0 Å². The number of esters is 1. The first-order chi connectivity index (χ1) is 8.70. The average molecular weight is 262 g/mol. The van der Waals surface area contributed by atoms with Gasteiger partial charge in [-0.05, 0) is 5.92 Å². The van der Waals surface area contributed by atoms with Gasteiger partial charge in [-0.25, -0.2) is 0 Å². The summed E-state index contributed by atoms with van der Waals surface area (Å²) in [6.07, 6.45) is 1.42. The van der Waals surface area contributed by atoms with E-state index in [9.17, 15) is 4.79 Å². The smallest absolute Gasteiger partial charge is 0.307 e. The van der Waals surface area contributed by atoms with Crippen molar-refractivity contribution < 1.29 is 23.7 Å². The third-order valence-corrected chi connectivity index (χ3v) is 2.52. The van der Waals surface area contributed by atoms with Crippen LogP contribution in [0.2, 0.25) is 0 Å². The minimum Gasteiger partial charge on any atom is -0.469 e. The first-order valence-corrected chi connectivity index (χ1v) is 6.50. The van der Waals surface area contributed by atoms with E-state index in [4.69, 9.17) is 14.2 Å². The van der Waals surface area contributed by atoms with E-state index in [1.165, 1.54) is 7.11 Å². The zero-order valence-electron chi connectivity index (χ0n) is 11.8. The Hall–Kier alpha value is -0.650. The molecule has 1 atom stereocenters. The van der Waals surface area contributed by atoms with Crippen LogP contribution in [-0.2, 0) is 23.7 Å². The van der Waals surface area contributed by atoms with Crippen molar-refractivity contribution in [3.05, 3.63) is 0 Å². The predicted octanol–water partition coefficient (Wildman–Crippen LogP) is 1.65. The number of carbonyl (C=O) groups is 1. The second-order valence-corrected chi connectivity index (χ2v) is 4.14. The van der Waals surface area contributed by atoms with Gasteiger partial charge in [-0.2, -0.15) is 0 Å². The highest BCUT2D eigenvalue weighted by molar-refractivity contribution is 5.69. The number of hydrogen-bond acceptors (Lipinski definition) is 5. The molecule has 0 N–H and O–H groups in total. The van der Waals surface area contributed by atoms with Crippen LogP contribution in [0.25, 0.3) is 0 Å². The van der Waals surface area contributed by atoms with Crippen LogP contribution in [0.1, 0.15) is 26.7 Å². The quantitative estimate of drug-likeness (QED) is 0.395. The highest BCUT2D eigenvalue weighted by atomic mass is 16.5. The molecule has 0 heterocycles. The molecule has 0 spiro atoms. The molecular weight excluding hydrogens is 236 g/mol. The molecule has 0 aromatic carbocycles. The molecule has 1 unspecified atom stereocenters. The number of carbonyl (C=O) groups excluding carboxylic acids is 1. The molecule has 0 aliphatic carbocycles. The lowest BCUT2D eigenvalue weighted by Gasteiger charge is -2.09. The van der Waals surface area contributed by atoms with Crippen molar-refractivity contribution >= 4 is 5.97 Å². The maximum absolute atomic E-state index is 10.7. The average Bonchev–Trinajstić information content (AvgIpc) is 2.40. The molecule has 0 saturated heterocycles. The van der Waals surface area contributed by atoms with Gasteiger partial charge < -0.3 is 18.9 Å². The first-order valence-electron chi connectivity index (χ1n) is 6.50. The van der Waals surface area contributed by atoms with Crippen molar-refractivity contribution in [2.75, 3.05) is 46.8 Å². The van der Waals surface area contributed by atoms with E-state index in [2.05, 4.69) is 18.6 Å². The maximum atomic E-state index is 10.7. The molecule has 0 rings (SSSR count). The summed E-state index contributed by atoms with van der Waals surface area (Å²) in [6.45, 7) is 7.68. The van der Waals surface area contributed by atoms with Gasteiger partial charge in [0.1, 0.15) is 0 Å². The van der Waals surface area contributed by atoms with Gasteiger partial charge >= 0.3 is 5.97 Å². The maximum Gasteiger partial charge on any atom is 0.307 e. The van der Waals surface area contributed by atoms with Crippen molar-refractivity contribution in [1.82, 2.24) is 0 Å². The topological polar surface area (TPSA) is 54.0 Å². The van der Waals surface area contributed by atoms with Crippen LogP contribution < -0.4 is 0 Å². The third-order valence-electron chi connectivity index (χ3n) is 2.52. The summed E-state index contributed by atoms with van der Waals surface area (Å²) in [5.74, 6) is 0.348. The molecule has 0 aromatic rings. The Kier molecular flexibility index (Phi) is 12.3. The van der Waals surface area contributed by atoms with Crippen LogP contribution in [0.15, 0.2) is 0 Å². The van der Waals surface area contributed by atoms with Crippen molar-refractivity contribution in [3.63, 3.8) is 0 Å². The fourth-order valence-electron chi connectivity index (χ4n) is 1.10. The third kappa shape index (κ3) is 11.8. The molecule has 0 saturated carbocycles. The molecule has 0 bridgehead atoms. The van der Waals surface area contributed by atoms with Crippen LogP contribution in [0.5, 0.6) is 0 Å². The molecule has 0 fully saturated rings. The normalized spacial score (nSPS) is 12.4. The van der Waals surface area contributed by atoms with Crippen molar-refractivity contribution in [2.24, 2.45) is 5.92 Å². The number of hydrogen-bond donors (Lipinski definition) is 0. The number of rotatable bonds is 12. The molecule has 18 heavy (non-hydrogen) atoms. The second-order valence-electron chi connectivity index (χ2n) is 4.14. The molecule has 0 aromatic heterocycles. The molecule has 5 nitrogen and oxygen atoms in total. The van der Waals surface area contributed by atoms with Crippen LogP contribution in [-0.4, -0.2) is 52.7 Å². The molecule has 5 heteroatoms. The van der Waals surface area contributed by atoms with Gasteiger partial charge in [0.15, 0.2) is 0 Å². The SMILES string of the molecule is CCC(C)COCCOCCOCCC(=O)OC. The molecule has 0 radical (unpaired) electrons. The Morgan fingerprint density at radius 1 is 1.00 bits per heavy atom. The summed E-state index contributed by atoms with van der Waals surface area (Å²) >= 11 is 0. The fourth-order valence-corrected chi connectivity index (χ4v) is 1.10. The lowest BCUT2D eigenvalue weighted by Crippen LogP contribution is -2.13. The van der Waals surface area contributed by atoms with Crippen molar-refractivity contribution in [2.45, 2.75) is 26.7 Å². The van der Waals surface area contributed by atoms with Gasteiger partial charge in [0.05, 0.1) is 46.6 Å². The molecular formula is C13H26O5. The largest absolute Gasteiger partial charge is 0.469 e. The summed E-state index contributed by atoms with van der Waals surface area (Å²) in [6, 6.07) is 0. The summed E-state index contributed by atoms with van der Waals surface area (Å²) < 4.78 is 20.4. The minimum absolute atomic E-state index is 0.255. The number of methoxy groups -OCH3 is 1. The minimum atomic E-state index is -0.255. The summed E-state index contributed by atoms with van der Waals surface area (Å²) in [5, 5.41) is 0. The van der Waals surface area contributed by atoms with Gasteiger partial charge in [0.25, 0.3) is 0 Å². The molecule has 108 valence electrons. The Morgan fingerprint density at radius 2 is 1.56 bits per heavy atom. The van der Waals surface area contributed by atoms with Gasteiger partial charge in [-0.15, -0.1) is 0 Å². The van der Waals surface area contributed by atoms with E-state index in [1.54, 1.807) is 0 Å². The Bertz CT molecular complexity index is 196. The Balaban J connectivity index is 3.05. The van der Waals surface area contributed by atoms with E-state index < -0.39 is 0 Å². The number of ether oxygens (including phenoxy) is 4. The Morgan fingerprint density at radius 3 is 2.11 bits per heavy atom. The summed E-state index contributed by atoms with van der Waals surface area (Å²) in [4.78, 5) is 10.7. The predicted molar refractivity (Wildman–Crippen MR) is 68.5 cm³/mol. The molecule has 0 amide bonds. The molecule has 0 aliphatic rings. The first kappa shape index (κ1) is 17.4. The second kappa shape index (κ2) is 12.8. The fraction of sp³-hybridized carbons (Fsp3) is 0.923. The zero-order valence-corrected chi connectivity index (χ0v) is 11.8. The highest BCUT2D eigenvalue weighted by Gasteiger charge is 1.99. The summed E-state index contributed by atoms with van der Waals surface area (Å²) in [5.41, 5.74) is 0. The lowest BCUT2D eigenvalue weighted by atomic mass is 10.1. The Labute approximate surface area is 110 Å². The van der Waals surface area contributed by atoms with Crippen molar-refractivity contribution in [1.29, 1.82) is 0 Å². The van der Waals surface area contributed by atoms with Gasteiger partial charge in [0, 0.05) is 6.61 Å². The van der Waals surface area contributed by atoms with E-state index in [0.717, 1.165) is 13.0 Å². The highest BCUT2D eigenvalue weighted by Crippen LogP contribution is 1.99. The lowest BCUT2D eigenvalue weighted by molar-refractivity contribution is -0.141.